The van der Waals surface area contributed by atoms with Crippen LogP contribution in [0.3, 0.4) is 0 Å². The number of nitrogens with one attached hydrogen (secondary N) is 3. The van der Waals surface area contributed by atoms with Crippen molar-refractivity contribution >= 4 is 34.1 Å². The molecule has 0 radical (unpaired) electrons. The molecule has 0 saturated carbocycles. The third-order valence-electron chi connectivity index (χ3n) is 4.84. The number of nitrogens with zero attached hydrogens (tertiary/aromatic N) is 2. The van der Waals surface area contributed by atoms with Gasteiger partial charge in [0.2, 0.25) is 5.91 Å². The minimum Gasteiger partial charge on any atom is -0.361 e. The maximum absolute atomic E-state index is 11.9. The van der Waals surface area contributed by atoms with E-state index in [9.17, 15) is 4.79 Å². The Morgan fingerprint density at radius 3 is 2.76 bits per heavy atom. The maximum Gasteiger partial charge on any atom is 0.243 e. The molecule has 2 heterocycles. The van der Waals surface area contributed by atoms with Gasteiger partial charge in [-0.3, -0.25) is 4.79 Å². The summed E-state index contributed by atoms with van der Waals surface area (Å²) in [4.78, 5) is 22.6. The third-order valence-corrected chi connectivity index (χ3v) is 5.71. The zero-order valence-corrected chi connectivity index (χ0v) is 18.1. The van der Waals surface area contributed by atoms with Crippen LogP contribution in [0.4, 0.5) is 0 Å². The number of carbonyl (C=O) groups excluding carboxylic acids is 1. The number of aliphatic imine (C=N–C) groups is 1. The molecule has 0 unspecified atom stereocenters. The van der Waals surface area contributed by atoms with E-state index in [0.717, 1.165) is 19.4 Å². The smallest absolute Gasteiger partial charge is 0.243 e. The summed E-state index contributed by atoms with van der Waals surface area (Å²) in [6, 6.07) is 10.6. The number of likely N-dealkylation sites (N-methyl/N-ethyl adjacent to an activating group) is 1. The van der Waals surface area contributed by atoms with Crippen molar-refractivity contribution in [1.82, 2.24) is 20.5 Å². The van der Waals surface area contributed by atoms with Crippen LogP contribution >= 0.6 is 11.3 Å². The zero-order valence-electron chi connectivity index (χ0n) is 17.3. The van der Waals surface area contributed by atoms with Gasteiger partial charge in [0.05, 0.1) is 6.54 Å². The number of carbonyl (C=O) groups is 1. The highest BCUT2D eigenvalue weighted by atomic mass is 32.1. The van der Waals surface area contributed by atoms with Gasteiger partial charge in [0.15, 0.2) is 5.96 Å². The van der Waals surface area contributed by atoms with Gasteiger partial charge in [0, 0.05) is 42.6 Å². The molecule has 0 aliphatic heterocycles. The second-order valence-electron chi connectivity index (χ2n) is 7.07. The molecule has 7 heteroatoms. The second kappa shape index (κ2) is 10.1. The van der Waals surface area contributed by atoms with E-state index < -0.39 is 0 Å². The zero-order chi connectivity index (χ0) is 20.6. The van der Waals surface area contributed by atoms with Crippen molar-refractivity contribution in [3.63, 3.8) is 0 Å². The van der Waals surface area contributed by atoms with Crippen LogP contribution in [-0.4, -0.2) is 48.9 Å². The number of thiophene rings is 1. The lowest BCUT2D eigenvalue weighted by atomic mass is 10.1. The van der Waals surface area contributed by atoms with Crippen molar-refractivity contribution < 1.29 is 4.79 Å². The lowest BCUT2D eigenvalue weighted by Crippen LogP contribution is -2.39. The number of aromatic amines is 1. The summed E-state index contributed by atoms with van der Waals surface area (Å²) < 4.78 is 0. The predicted molar refractivity (Wildman–Crippen MR) is 122 cm³/mol. The molecule has 0 bridgehead atoms. The Morgan fingerprint density at radius 2 is 2.03 bits per heavy atom. The summed E-state index contributed by atoms with van der Waals surface area (Å²) in [6.07, 6.45) is 3.98. The van der Waals surface area contributed by atoms with Crippen LogP contribution in [0, 0.1) is 0 Å². The number of para-hydroxylation sites is 1. The summed E-state index contributed by atoms with van der Waals surface area (Å²) in [5.74, 6) is 0.633. The van der Waals surface area contributed by atoms with Gasteiger partial charge >= 0.3 is 0 Å². The van der Waals surface area contributed by atoms with Gasteiger partial charge in [-0.05, 0) is 35.4 Å². The van der Waals surface area contributed by atoms with Crippen molar-refractivity contribution in [2.75, 3.05) is 27.2 Å². The lowest BCUT2D eigenvalue weighted by Gasteiger charge is -2.13. The van der Waals surface area contributed by atoms with Crippen LogP contribution in [0.1, 0.15) is 22.9 Å². The molecule has 0 atom stereocenters. The summed E-state index contributed by atoms with van der Waals surface area (Å²) in [7, 11) is 3.48. The van der Waals surface area contributed by atoms with Crippen LogP contribution in [0.5, 0.6) is 0 Å². The van der Waals surface area contributed by atoms with E-state index in [1.165, 1.54) is 26.9 Å². The molecule has 29 heavy (non-hydrogen) atoms. The van der Waals surface area contributed by atoms with E-state index >= 15 is 0 Å². The number of hydrogen-bond donors (Lipinski definition) is 3. The van der Waals surface area contributed by atoms with E-state index in [1.807, 2.05) is 6.07 Å². The Kier molecular flexibility index (Phi) is 7.30. The Bertz CT molecular complexity index is 959. The van der Waals surface area contributed by atoms with Crippen LogP contribution < -0.4 is 10.6 Å². The SMILES string of the molecule is CCc1cccc2c(CCNC(=NCC(=O)N(C)C)NCc3cccs3)c[nH]c12. The maximum atomic E-state index is 11.9. The molecule has 0 fully saturated rings. The van der Waals surface area contributed by atoms with Crippen molar-refractivity contribution in [2.24, 2.45) is 4.99 Å². The van der Waals surface area contributed by atoms with Crippen molar-refractivity contribution in [1.29, 1.82) is 0 Å². The molecule has 3 aromatic rings. The number of fused-ring (bicyclic) bond motifs is 1. The molecule has 154 valence electrons. The molecule has 1 amide bonds. The first-order valence-corrected chi connectivity index (χ1v) is 10.8. The highest BCUT2D eigenvalue weighted by molar-refractivity contribution is 7.09. The molecule has 0 spiro atoms. The van der Waals surface area contributed by atoms with E-state index in [4.69, 9.17) is 0 Å². The quantitative estimate of drug-likeness (QED) is 0.394. The summed E-state index contributed by atoms with van der Waals surface area (Å²) in [6.45, 7) is 3.72. The number of aryl methyl sites for hydroxylation is 1. The van der Waals surface area contributed by atoms with Crippen LogP contribution in [0.2, 0.25) is 0 Å². The van der Waals surface area contributed by atoms with Crippen molar-refractivity contribution in [2.45, 2.75) is 26.3 Å². The number of rotatable bonds is 8. The Hall–Kier alpha value is -2.80. The number of H-pyrrole nitrogens is 1. The molecule has 0 aliphatic rings. The van der Waals surface area contributed by atoms with Crippen LogP contribution in [-0.2, 0) is 24.2 Å². The first-order chi connectivity index (χ1) is 14.1. The Labute approximate surface area is 176 Å². The fraction of sp³-hybridized carbons (Fsp3) is 0.364. The summed E-state index contributed by atoms with van der Waals surface area (Å²) >= 11 is 1.70. The molecule has 3 rings (SSSR count). The van der Waals surface area contributed by atoms with Gasteiger partial charge in [0.1, 0.15) is 6.54 Å². The van der Waals surface area contributed by atoms with Crippen LogP contribution in [0.15, 0.2) is 46.9 Å². The molecule has 3 N–H and O–H groups in total. The van der Waals surface area contributed by atoms with Gasteiger partial charge in [-0.15, -0.1) is 11.3 Å². The van der Waals surface area contributed by atoms with Gasteiger partial charge in [-0.2, -0.15) is 0 Å². The average molecular weight is 412 g/mol. The lowest BCUT2D eigenvalue weighted by molar-refractivity contribution is -0.127. The van der Waals surface area contributed by atoms with Gasteiger partial charge in [0.25, 0.3) is 0 Å². The second-order valence-corrected chi connectivity index (χ2v) is 8.10. The Morgan fingerprint density at radius 1 is 1.17 bits per heavy atom. The first kappa shape index (κ1) is 20.9. The van der Waals surface area contributed by atoms with E-state index in [0.29, 0.717) is 12.5 Å². The van der Waals surface area contributed by atoms with Crippen molar-refractivity contribution in [3.05, 3.63) is 57.9 Å². The minimum atomic E-state index is -0.0223. The average Bonchev–Trinajstić information content (AvgIpc) is 3.39. The number of hydrogen-bond acceptors (Lipinski definition) is 3. The van der Waals surface area contributed by atoms with Crippen LogP contribution in [0.25, 0.3) is 10.9 Å². The monoisotopic (exact) mass is 411 g/mol. The minimum absolute atomic E-state index is 0.0223. The molecule has 2 aromatic heterocycles. The third kappa shape index (κ3) is 5.60. The van der Waals surface area contributed by atoms with E-state index in [2.05, 4.69) is 63.4 Å². The van der Waals surface area contributed by atoms with Gasteiger partial charge in [-0.25, -0.2) is 4.99 Å². The number of guanidine groups is 1. The van der Waals surface area contributed by atoms with E-state index in [1.54, 1.807) is 30.3 Å². The standard InChI is InChI=1S/C22H29N5OS/c1-4-16-7-5-9-19-17(13-24-21(16)19)10-11-23-22(26-15-20(28)27(2)3)25-14-18-8-6-12-29-18/h5-9,12-13,24H,4,10-11,14-15H2,1-3H3,(H2,23,25,26). The van der Waals surface area contributed by atoms with E-state index in [-0.39, 0.29) is 12.5 Å². The molecule has 0 saturated heterocycles. The fourth-order valence-electron chi connectivity index (χ4n) is 3.14. The number of amides is 1. The number of aromatic nitrogens is 1. The highest BCUT2D eigenvalue weighted by Crippen LogP contribution is 2.22. The Balaban J connectivity index is 1.63. The van der Waals surface area contributed by atoms with Gasteiger partial charge < -0.3 is 20.5 Å². The predicted octanol–water partition coefficient (Wildman–Crippen LogP) is 3.16. The summed E-state index contributed by atoms with van der Waals surface area (Å²) in [5, 5.41) is 10.0. The largest absolute Gasteiger partial charge is 0.361 e. The first-order valence-electron chi connectivity index (χ1n) is 9.91. The highest BCUT2D eigenvalue weighted by Gasteiger charge is 2.08. The molecular weight excluding hydrogens is 382 g/mol. The molecule has 1 aromatic carbocycles. The summed E-state index contributed by atoms with van der Waals surface area (Å²) in [5.41, 5.74) is 3.85. The topological polar surface area (TPSA) is 72.5 Å². The number of benzene rings is 1. The normalized spacial score (nSPS) is 11.6. The van der Waals surface area contributed by atoms with Crippen molar-refractivity contribution in [3.8, 4) is 0 Å². The molecule has 6 nitrogen and oxygen atoms in total. The van der Waals surface area contributed by atoms with Gasteiger partial charge in [-0.1, -0.05) is 31.2 Å². The molecular formula is C22H29N5OS. The fourth-order valence-corrected chi connectivity index (χ4v) is 3.78. The molecule has 0 aliphatic carbocycles.